The Labute approximate surface area is 127 Å². The third kappa shape index (κ3) is 6.19. The van der Waals surface area contributed by atoms with Gasteiger partial charge in [0.15, 0.2) is 0 Å². The molecule has 116 valence electrons. The number of amides is 2. The van der Waals surface area contributed by atoms with Gasteiger partial charge in [0, 0.05) is 12.1 Å². The molecule has 1 rings (SSSR count). The van der Waals surface area contributed by atoms with E-state index in [2.05, 4.69) is 10.6 Å². The molecule has 0 saturated heterocycles. The number of nitro benzene ring substituents is 1. The minimum atomic E-state index is -0.500. The summed E-state index contributed by atoms with van der Waals surface area (Å²) in [6, 6.07) is 5.59. The summed E-state index contributed by atoms with van der Waals surface area (Å²) in [5, 5.41) is 15.6. The number of halogens is 1. The smallest absolute Gasteiger partial charge is 0.269 e. The molecule has 0 bridgehead atoms. The Morgan fingerprint density at radius 1 is 1.38 bits per heavy atom. The molecule has 0 aromatic heterocycles. The Morgan fingerprint density at radius 3 is 2.62 bits per heavy atom. The van der Waals surface area contributed by atoms with Gasteiger partial charge in [-0.25, -0.2) is 0 Å². The van der Waals surface area contributed by atoms with Crippen LogP contribution >= 0.6 is 12.4 Å². The Balaban J connectivity index is 0.00000400. The Kier molecular flexibility index (Phi) is 7.95. The Hall–Kier alpha value is -2.19. The van der Waals surface area contributed by atoms with Crippen LogP contribution in [0, 0.1) is 10.1 Å². The van der Waals surface area contributed by atoms with Crippen LogP contribution in [0.4, 0.5) is 5.69 Å². The Morgan fingerprint density at radius 2 is 2.05 bits per heavy atom. The molecule has 0 spiro atoms. The molecule has 1 atom stereocenters. The van der Waals surface area contributed by atoms with Crippen LogP contribution in [0.25, 0.3) is 0 Å². The number of hydrogen-bond acceptors (Lipinski definition) is 5. The molecule has 1 aromatic rings. The minimum absolute atomic E-state index is 0. The highest BCUT2D eigenvalue weighted by Gasteiger charge is 2.13. The number of benzene rings is 1. The van der Waals surface area contributed by atoms with Crippen molar-refractivity contribution in [3.63, 3.8) is 0 Å². The lowest BCUT2D eigenvalue weighted by molar-refractivity contribution is -0.384. The van der Waals surface area contributed by atoms with Gasteiger partial charge in [0.05, 0.1) is 24.1 Å². The molecule has 0 fully saturated rings. The SMILES string of the molecule is CC(NC(=O)CNC(=O)CN)c1cccc([N+](=O)[O-])c1.Cl. The second-order valence-corrected chi connectivity index (χ2v) is 4.12. The summed E-state index contributed by atoms with van der Waals surface area (Å²) in [5.74, 6) is -0.825. The highest BCUT2D eigenvalue weighted by Crippen LogP contribution is 2.18. The van der Waals surface area contributed by atoms with Crippen LogP contribution in [0.1, 0.15) is 18.5 Å². The van der Waals surface area contributed by atoms with Gasteiger partial charge in [-0.05, 0) is 12.5 Å². The predicted octanol–water partition coefficient (Wildman–Crippen LogP) is 0.269. The van der Waals surface area contributed by atoms with E-state index in [0.717, 1.165) is 0 Å². The van der Waals surface area contributed by atoms with Gasteiger partial charge in [-0.2, -0.15) is 0 Å². The second kappa shape index (κ2) is 8.88. The first-order valence-corrected chi connectivity index (χ1v) is 5.94. The molecule has 0 aliphatic heterocycles. The second-order valence-electron chi connectivity index (χ2n) is 4.12. The molecular weight excluding hydrogens is 300 g/mol. The average Bonchev–Trinajstić information content (AvgIpc) is 2.44. The summed E-state index contributed by atoms with van der Waals surface area (Å²) in [4.78, 5) is 32.6. The van der Waals surface area contributed by atoms with Crippen LogP contribution in [0.3, 0.4) is 0 Å². The molecule has 1 aromatic carbocycles. The van der Waals surface area contributed by atoms with Gasteiger partial charge >= 0.3 is 0 Å². The van der Waals surface area contributed by atoms with Gasteiger partial charge in [0.2, 0.25) is 11.8 Å². The molecule has 0 radical (unpaired) electrons. The van der Waals surface area contributed by atoms with Crippen molar-refractivity contribution < 1.29 is 14.5 Å². The number of nitro groups is 1. The molecular formula is C12H17ClN4O4. The maximum absolute atomic E-state index is 11.6. The van der Waals surface area contributed by atoms with Gasteiger partial charge in [-0.3, -0.25) is 19.7 Å². The standard InChI is InChI=1S/C12H16N4O4.ClH/c1-8(15-12(18)7-14-11(17)6-13)9-3-2-4-10(5-9)16(19)20;/h2-5,8H,6-7,13H2,1H3,(H,14,17)(H,15,18);1H. The summed E-state index contributed by atoms with van der Waals surface area (Å²) < 4.78 is 0. The summed E-state index contributed by atoms with van der Waals surface area (Å²) in [6.07, 6.45) is 0. The van der Waals surface area contributed by atoms with Crippen molar-refractivity contribution in [1.29, 1.82) is 0 Å². The maximum atomic E-state index is 11.6. The van der Waals surface area contributed by atoms with Crippen molar-refractivity contribution in [1.82, 2.24) is 10.6 Å². The van der Waals surface area contributed by atoms with Crippen molar-refractivity contribution in [3.05, 3.63) is 39.9 Å². The summed E-state index contributed by atoms with van der Waals surface area (Å²) in [7, 11) is 0. The van der Waals surface area contributed by atoms with Gasteiger partial charge in [0.1, 0.15) is 0 Å². The molecule has 0 aliphatic rings. The fourth-order valence-corrected chi connectivity index (χ4v) is 1.53. The van der Waals surface area contributed by atoms with E-state index in [9.17, 15) is 19.7 Å². The van der Waals surface area contributed by atoms with Crippen LogP contribution in [0.2, 0.25) is 0 Å². The van der Waals surface area contributed by atoms with E-state index < -0.39 is 22.8 Å². The van der Waals surface area contributed by atoms with Crippen molar-refractivity contribution in [3.8, 4) is 0 Å². The Bertz CT molecular complexity index is 524. The molecule has 9 heteroatoms. The number of carbonyl (C=O) groups is 2. The quantitative estimate of drug-likeness (QED) is 0.512. The fraction of sp³-hybridized carbons (Fsp3) is 0.333. The predicted molar refractivity (Wildman–Crippen MR) is 79.0 cm³/mol. The molecule has 1 unspecified atom stereocenters. The lowest BCUT2D eigenvalue weighted by Gasteiger charge is -2.14. The zero-order valence-electron chi connectivity index (χ0n) is 11.4. The zero-order chi connectivity index (χ0) is 15.1. The van der Waals surface area contributed by atoms with E-state index in [-0.39, 0.29) is 31.2 Å². The molecule has 21 heavy (non-hydrogen) atoms. The number of nitrogens with zero attached hydrogens (tertiary/aromatic N) is 1. The first-order chi connectivity index (χ1) is 9.43. The van der Waals surface area contributed by atoms with E-state index in [4.69, 9.17) is 5.73 Å². The normalized spacial score (nSPS) is 11.0. The van der Waals surface area contributed by atoms with Gasteiger partial charge in [-0.15, -0.1) is 12.4 Å². The monoisotopic (exact) mass is 316 g/mol. The molecule has 0 aliphatic carbocycles. The fourth-order valence-electron chi connectivity index (χ4n) is 1.53. The van der Waals surface area contributed by atoms with Gasteiger partial charge in [-0.1, -0.05) is 12.1 Å². The average molecular weight is 317 g/mol. The first kappa shape index (κ1) is 18.8. The summed E-state index contributed by atoms with van der Waals surface area (Å²) in [6.45, 7) is 1.32. The van der Waals surface area contributed by atoms with Crippen molar-refractivity contribution in [2.45, 2.75) is 13.0 Å². The third-order valence-electron chi connectivity index (χ3n) is 2.59. The number of carbonyl (C=O) groups excluding carboxylic acids is 2. The van der Waals surface area contributed by atoms with E-state index in [1.54, 1.807) is 19.1 Å². The van der Waals surface area contributed by atoms with E-state index in [1.807, 2.05) is 0 Å². The van der Waals surface area contributed by atoms with E-state index in [1.165, 1.54) is 12.1 Å². The van der Waals surface area contributed by atoms with E-state index >= 15 is 0 Å². The topological polar surface area (TPSA) is 127 Å². The summed E-state index contributed by atoms with van der Waals surface area (Å²) >= 11 is 0. The van der Waals surface area contributed by atoms with Crippen molar-refractivity contribution in [2.24, 2.45) is 5.73 Å². The summed E-state index contributed by atoms with van der Waals surface area (Å²) in [5.41, 5.74) is 5.66. The zero-order valence-corrected chi connectivity index (χ0v) is 12.2. The number of non-ortho nitro benzene ring substituents is 1. The highest BCUT2D eigenvalue weighted by atomic mass is 35.5. The number of nitrogens with one attached hydrogen (secondary N) is 2. The molecule has 0 saturated carbocycles. The van der Waals surface area contributed by atoms with Crippen molar-refractivity contribution in [2.75, 3.05) is 13.1 Å². The molecule has 2 amide bonds. The largest absolute Gasteiger partial charge is 0.348 e. The van der Waals surface area contributed by atoms with Crippen LogP contribution in [0.5, 0.6) is 0 Å². The van der Waals surface area contributed by atoms with Crippen LogP contribution in [0.15, 0.2) is 24.3 Å². The molecule has 4 N–H and O–H groups in total. The molecule has 0 heterocycles. The first-order valence-electron chi connectivity index (χ1n) is 5.94. The number of rotatable bonds is 6. The highest BCUT2D eigenvalue weighted by molar-refractivity contribution is 5.85. The maximum Gasteiger partial charge on any atom is 0.269 e. The van der Waals surface area contributed by atoms with Crippen molar-refractivity contribution >= 4 is 29.9 Å². The van der Waals surface area contributed by atoms with E-state index in [0.29, 0.717) is 5.56 Å². The number of hydrogen-bond donors (Lipinski definition) is 3. The van der Waals surface area contributed by atoms with Gasteiger partial charge < -0.3 is 16.4 Å². The van der Waals surface area contributed by atoms with Gasteiger partial charge in [0.25, 0.3) is 5.69 Å². The van der Waals surface area contributed by atoms with Crippen LogP contribution < -0.4 is 16.4 Å². The molecule has 8 nitrogen and oxygen atoms in total. The lowest BCUT2D eigenvalue weighted by atomic mass is 10.1. The lowest BCUT2D eigenvalue weighted by Crippen LogP contribution is -2.40. The van der Waals surface area contributed by atoms with Crippen LogP contribution in [-0.4, -0.2) is 29.8 Å². The minimum Gasteiger partial charge on any atom is -0.348 e. The van der Waals surface area contributed by atoms with Crippen LogP contribution in [-0.2, 0) is 9.59 Å². The third-order valence-corrected chi connectivity index (χ3v) is 2.59. The number of nitrogens with two attached hydrogens (primary N) is 1.